The summed E-state index contributed by atoms with van der Waals surface area (Å²) < 4.78 is 14.7. The van der Waals surface area contributed by atoms with Crippen molar-refractivity contribution in [2.75, 3.05) is 5.32 Å². The zero-order valence-electron chi connectivity index (χ0n) is 14.9. The van der Waals surface area contributed by atoms with Gasteiger partial charge in [0.05, 0.1) is 5.69 Å². The number of fused-ring (bicyclic) bond motifs is 1. The summed E-state index contributed by atoms with van der Waals surface area (Å²) in [6, 6.07) is 12.6. The number of nitrogens with one attached hydrogen (secondary N) is 1. The van der Waals surface area contributed by atoms with Crippen LogP contribution < -0.4 is 5.32 Å². The number of halogens is 2. The molecule has 1 N–H and O–H groups in total. The fourth-order valence-corrected chi connectivity index (χ4v) is 3.70. The molecule has 2 aromatic carbocycles. The summed E-state index contributed by atoms with van der Waals surface area (Å²) in [6.07, 6.45) is 0.0790. The van der Waals surface area contributed by atoms with E-state index in [9.17, 15) is 14.0 Å². The molecule has 0 saturated carbocycles. The number of hydrogen-bond acceptors (Lipinski definition) is 5. The van der Waals surface area contributed by atoms with E-state index in [1.807, 2.05) is 5.38 Å². The SMILES string of the molecule is O=C(CCC(=O)c1ccc(Cl)cc1)Nc1nc2scc(-c3ccc(F)cc3)n2n1. The number of nitrogens with zero attached hydrogens (tertiary/aromatic N) is 3. The number of carbonyl (C=O) groups excluding carboxylic acids is 2. The van der Waals surface area contributed by atoms with Gasteiger partial charge in [0.25, 0.3) is 0 Å². The highest BCUT2D eigenvalue weighted by atomic mass is 35.5. The number of ketones is 1. The summed E-state index contributed by atoms with van der Waals surface area (Å²) in [5.41, 5.74) is 2.04. The Labute approximate surface area is 174 Å². The first-order valence-corrected chi connectivity index (χ1v) is 9.94. The van der Waals surface area contributed by atoms with Crippen LogP contribution in [-0.4, -0.2) is 26.3 Å². The van der Waals surface area contributed by atoms with Gasteiger partial charge in [-0.25, -0.2) is 8.91 Å². The van der Waals surface area contributed by atoms with Crippen molar-refractivity contribution in [2.24, 2.45) is 0 Å². The number of amides is 1. The van der Waals surface area contributed by atoms with E-state index in [0.717, 1.165) is 11.3 Å². The predicted octanol–water partition coefficient (Wildman–Crippen LogP) is 4.85. The Morgan fingerprint density at radius 1 is 1.07 bits per heavy atom. The molecule has 0 bridgehead atoms. The molecule has 9 heteroatoms. The largest absolute Gasteiger partial charge is 0.294 e. The second-order valence-corrected chi connectivity index (χ2v) is 7.51. The van der Waals surface area contributed by atoms with Crippen LogP contribution >= 0.6 is 22.9 Å². The van der Waals surface area contributed by atoms with Crippen LogP contribution in [0.5, 0.6) is 0 Å². The van der Waals surface area contributed by atoms with E-state index in [-0.39, 0.29) is 36.3 Å². The zero-order valence-corrected chi connectivity index (χ0v) is 16.5. The first-order valence-electron chi connectivity index (χ1n) is 8.68. The monoisotopic (exact) mass is 428 g/mol. The minimum atomic E-state index is -0.353. The number of aromatic nitrogens is 3. The molecule has 0 unspecified atom stereocenters. The number of Topliss-reactive ketones (excluding diaryl/α,β-unsaturated/α-hetero) is 1. The summed E-state index contributed by atoms with van der Waals surface area (Å²) in [4.78, 5) is 29.2. The molecule has 146 valence electrons. The highest BCUT2D eigenvalue weighted by Crippen LogP contribution is 2.26. The van der Waals surface area contributed by atoms with Crippen LogP contribution in [0.1, 0.15) is 23.2 Å². The zero-order chi connectivity index (χ0) is 20.4. The molecule has 4 aromatic rings. The van der Waals surface area contributed by atoms with Gasteiger partial charge in [-0.2, -0.15) is 4.98 Å². The van der Waals surface area contributed by atoms with Crippen LogP contribution in [0.15, 0.2) is 53.9 Å². The average molecular weight is 429 g/mol. The van der Waals surface area contributed by atoms with Crippen molar-refractivity contribution in [1.29, 1.82) is 0 Å². The second kappa shape index (κ2) is 8.10. The van der Waals surface area contributed by atoms with Crippen LogP contribution in [0.25, 0.3) is 16.2 Å². The molecule has 0 aliphatic heterocycles. The molecule has 4 rings (SSSR count). The lowest BCUT2D eigenvalue weighted by Gasteiger charge is -2.02. The van der Waals surface area contributed by atoms with Crippen molar-refractivity contribution < 1.29 is 14.0 Å². The van der Waals surface area contributed by atoms with Gasteiger partial charge < -0.3 is 0 Å². The van der Waals surface area contributed by atoms with Crippen molar-refractivity contribution in [3.05, 3.63) is 70.3 Å². The van der Waals surface area contributed by atoms with Crippen LogP contribution in [0, 0.1) is 5.82 Å². The molecule has 0 spiro atoms. The standard InChI is InChI=1S/C20H14ClFN4O2S/c21-14-5-1-13(2-6-14)17(27)9-10-18(28)23-19-24-20-26(25-19)16(11-29-20)12-3-7-15(22)8-4-12/h1-8,11H,9-10H2,(H,23,25,28). The second-order valence-electron chi connectivity index (χ2n) is 6.24. The first kappa shape index (κ1) is 19.2. The van der Waals surface area contributed by atoms with E-state index in [1.165, 1.54) is 23.5 Å². The van der Waals surface area contributed by atoms with E-state index in [2.05, 4.69) is 15.4 Å². The average Bonchev–Trinajstić information content (AvgIpc) is 3.27. The van der Waals surface area contributed by atoms with Gasteiger partial charge in [-0.05, 0) is 48.5 Å². The minimum Gasteiger partial charge on any atom is -0.294 e. The van der Waals surface area contributed by atoms with Crippen molar-refractivity contribution >= 4 is 45.5 Å². The van der Waals surface area contributed by atoms with Gasteiger partial charge in [-0.3, -0.25) is 14.9 Å². The number of anilines is 1. The number of benzene rings is 2. The normalized spacial score (nSPS) is 11.0. The maximum absolute atomic E-state index is 13.1. The number of hydrogen-bond donors (Lipinski definition) is 1. The summed E-state index contributed by atoms with van der Waals surface area (Å²) in [5.74, 6) is -0.660. The Bertz CT molecular complexity index is 1190. The summed E-state index contributed by atoms with van der Waals surface area (Å²) >= 11 is 7.17. The van der Waals surface area contributed by atoms with E-state index in [4.69, 9.17) is 11.6 Å². The molecule has 0 radical (unpaired) electrons. The van der Waals surface area contributed by atoms with E-state index in [0.29, 0.717) is 15.5 Å². The number of carbonyl (C=O) groups is 2. The molecular formula is C20H14ClFN4O2S. The third-order valence-electron chi connectivity index (χ3n) is 4.22. The summed E-state index contributed by atoms with van der Waals surface area (Å²) in [7, 11) is 0. The molecule has 1 amide bonds. The number of rotatable bonds is 6. The van der Waals surface area contributed by atoms with Crippen LogP contribution in [0.3, 0.4) is 0 Å². The van der Waals surface area contributed by atoms with Gasteiger partial charge in [0, 0.05) is 34.4 Å². The Morgan fingerprint density at radius 3 is 2.52 bits per heavy atom. The van der Waals surface area contributed by atoms with Crippen molar-refractivity contribution in [1.82, 2.24) is 14.6 Å². The topological polar surface area (TPSA) is 76.4 Å². The van der Waals surface area contributed by atoms with Crippen LogP contribution in [0.2, 0.25) is 5.02 Å². The molecule has 2 aromatic heterocycles. The van der Waals surface area contributed by atoms with Gasteiger partial charge >= 0.3 is 0 Å². The summed E-state index contributed by atoms with van der Waals surface area (Å²) in [5, 5.41) is 9.32. The fraction of sp³-hybridized carbons (Fsp3) is 0.100. The van der Waals surface area contributed by atoms with Crippen LogP contribution in [-0.2, 0) is 4.79 Å². The molecule has 0 saturated heterocycles. The maximum atomic E-state index is 13.1. The summed E-state index contributed by atoms with van der Waals surface area (Å²) in [6.45, 7) is 0. The molecule has 6 nitrogen and oxygen atoms in total. The molecule has 0 fully saturated rings. The molecular weight excluding hydrogens is 415 g/mol. The van der Waals surface area contributed by atoms with Crippen molar-refractivity contribution in [3.8, 4) is 11.3 Å². The van der Waals surface area contributed by atoms with Gasteiger partial charge in [-0.15, -0.1) is 16.4 Å². The fourth-order valence-electron chi connectivity index (χ4n) is 2.75. The Morgan fingerprint density at radius 2 is 1.79 bits per heavy atom. The lowest BCUT2D eigenvalue weighted by atomic mass is 10.1. The van der Waals surface area contributed by atoms with E-state index in [1.54, 1.807) is 40.9 Å². The number of thiazole rings is 1. The van der Waals surface area contributed by atoms with E-state index >= 15 is 0 Å². The molecule has 0 aliphatic rings. The van der Waals surface area contributed by atoms with Gasteiger partial charge in [0.2, 0.25) is 16.8 Å². The van der Waals surface area contributed by atoms with E-state index < -0.39 is 0 Å². The van der Waals surface area contributed by atoms with Gasteiger partial charge in [-0.1, -0.05) is 11.6 Å². The van der Waals surface area contributed by atoms with Gasteiger partial charge in [0.15, 0.2) is 5.78 Å². The molecule has 0 atom stereocenters. The Kier molecular flexibility index (Phi) is 5.37. The van der Waals surface area contributed by atoms with Crippen molar-refractivity contribution in [3.63, 3.8) is 0 Å². The minimum absolute atomic E-state index is 0.0130. The predicted molar refractivity (Wildman–Crippen MR) is 110 cm³/mol. The van der Waals surface area contributed by atoms with Crippen LogP contribution in [0.4, 0.5) is 10.3 Å². The van der Waals surface area contributed by atoms with Crippen molar-refractivity contribution in [2.45, 2.75) is 12.8 Å². The lowest BCUT2D eigenvalue weighted by molar-refractivity contribution is -0.116. The third kappa shape index (κ3) is 4.33. The molecule has 29 heavy (non-hydrogen) atoms. The molecule has 2 heterocycles. The highest BCUT2D eigenvalue weighted by Gasteiger charge is 2.15. The Balaban J connectivity index is 1.41. The molecule has 0 aliphatic carbocycles. The smallest absolute Gasteiger partial charge is 0.250 e. The highest BCUT2D eigenvalue weighted by molar-refractivity contribution is 7.15. The lowest BCUT2D eigenvalue weighted by Crippen LogP contribution is -2.14. The Hall–Kier alpha value is -3.10. The third-order valence-corrected chi connectivity index (χ3v) is 5.29. The quantitative estimate of drug-likeness (QED) is 0.445. The van der Waals surface area contributed by atoms with Gasteiger partial charge in [0.1, 0.15) is 5.82 Å². The maximum Gasteiger partial charge on any atom is 0.250 e. The first-order chi connectivity index (χ1) is 14.0.